The van der Waals surface area contributed by atoms with Gasteiger partial charge in [0.25, 0.3) is 0 Å². The highest BCUT2D eigenvalue weighted by Gasteiger charge is 2.52. The van der Waals surface area contributed by atoms with Crippen LogP contribution in [0.5, 0.6) is 0 Å². The molecule has 1 N–H and O–H groups in total. The van der Waals surface area contributed by atoms with Gasteiger partial charge in [0.05, 0.1) is 29.0 Å². The second kappa shape index (κ2) is 10.6. The van der Waals surface area contributed by atoms with Gasteiger partial charge in [-0.15, -0.1) is 0 Å². The molecule has 2 aliphatic heterocycles. The summed E-state index contributed by atoms with van der Waals surface area (Å²) in [5.74, 6) is -2.12. The molecule has 1 saturated carbocycles. The van der Waals surface area contributed by atoms with E-state index >= 15 is 0 Å². The number of hydrogen-bond donors (Lipinski definition) is 1. The summed E-state index contributed by atoms with van der Waals surface area (Å²) < 4.78 is 106. The first-order chi connectivity index (χ1) is 19.1. The number of aliphatic hydroxyl groups is 1. The molecular weight excluding hydrogens is 559 g/mol. The van der Waals surface area contributed by atoms with E-state index in [-0.39, 0.29) is 24.2 Å². The molecular formula is C29H28F7NO4. The van der Waals surface area contributed by atoms with Crippen LogP contribution in [0.2, 0.25) is 0 Å². The minimum absolute atomic E-state index is 0.00359. The number of carbonyl (C=O) groups is 1. The van der Waals surface area contributed by atoms with Crippen molar-refractivity contribution in [1.29, 1.82) is 0 Å². The predicted molar refractivity (Wildman–Crippen MR) is 132 cm³/mol. The molecule has 12 heteroatoms. The molecule has 1 saturated heterocycles. The lowest BCUT2D eigenvalue weighted by atomic mass is 9.68. The number of hydrogen-bond acceptors (Lipinski definition) is 5. The molecule has 1 aliphatic carbocycles. The fourth-order valence-electron chi connectivity index (χ4n) is 6.45. The van der Waals surface area contributed by atoms with E-state index in [1.807, 2.05) is 0 Å². The number of aliphatic hydroxyl groups excluding tert-OH is 1. The van der Waals surface area contributed by atoms with Crippen LogP contribution in [0, 0.1) is 24.6 Å². The maximum absolute atomic E-state index is 14.0. The van der Waals surface area contributed by atoms with Gasteiger partial charge in [0, 0.05) is 24.5 Å². The molecule has 41 heavy (non-hydrogen) atoms. The molecule has 0 bridgehead atoms. The average Bonchev–Trinajstić information content (AvgIpc) is 3.46. The number of rotatable bonds is 5. The maximum Gasteiger partial charge on any atom is 0.416 e. The van der Waals surface area contributed by atoms with E-state index in [0.29, 0.717) is 48.3 Å². The highest BCUT2D eigenvalue weighted by atomic mass is 19.4. The molecule has 0 aromatic heterocycles. The summed E-state index contributed by atoms with van der Waals surface area (Å²) in [6.07, 6.45) is -10.7. The number of aryl methyl sites for hydroxylation is 1. The predicted octanol–water partition coefficient (Wildman–Crippen LogP) is 6.50. The van der Waals surface area contributed by atoms with Crippen molar-refractivity contribution in [3.8, 4) is 0 Å². The highest BCUT2D eigenvalue weighted by molar-refractivity contribution is 5.85. The van der Waals surface area contributed by atoms with Crippen LogP contribution in [-0.4, -0.2) is 41.5 Å². The molecule has 2 heterocycles. The molecule has 2 aromatic carbocycles. The summed E-state index contributed by atoms with van der Waals surface area (Å²) in [5.41, 5.74) is -1.41. The van der Waals surface area contributed by atoms with E-state index in [1.165, 1.54) is 25.1 Å². The number of cyclic esters (lactones) is 1. The van der Waals surface area contributed by atoms with Crippen molar-refractivity contribution < 1.29 is 50.1 Å². The van der Waals surface area contributed by atoms with E-state index in [4.69, 9.17) is 9.47 Å². The second-order valence-corrected chi connectivity index (χ2v) is 10.9. The Morgan fingerprint density at radius 3 is 2.24 bits per heavy atom. The Morgan fingerprint density at radius 2 is 1.68 bits per heavy atom. The van der Waals surface area contributed by atoms with Crippen molar-refractivity contribution in [1.82, 2.24) is 4.90 Å². The van der Waals surface area contributed by atoms with Crippen molar-refractivity contribution in [3.63, 3.8) is 0 Å². The first kappa shape index (κ1) is 29.4. The van der Waals surface area contributed by atoms with Crippen molar-refractivity contribution in [2.24, 2.45) is 11.8 Å². The lowest BCUT2D eigenvalue weighted by molar-refractivity contribution is -0.143. The van der Waals surface area contributed by atoms with Gasteiger partial charge in [0.2, 0.25) is 0 Å². The zero-order chi connectivity index (χ0) is 29.9. The summed E-state index contributed by atoms with van der Waals surface area (Å²) in [6, 6.07) is 5.54. The lowest BCUT2D eigenvalue weighted by Crippen LogP contribution is -2.42. The van der Waals surface area contributed by atoms with Crippen LogP contribution in [0.25, 0.3) is 0 Å². The van der Waals surface area contributed by atoms with Gasteiger partial charge in [-0.2, -0.15) is 26.3 Å². The molecule has 6 atom stereocenters. The number of ether oxygens (including phenoxy) is 2. The molecule has 0 amide bonds. The largest absolute Gasteiger partial charge is 0.456 e. The van der Waals surface area contributed by atoms with E-state index in [9.17, 15) is 40.6 Å². The normalized spacial score (nSPS) is 27.5. The van der Waals surface area contributed by atoms with Gasteiger partial charge in [-0.05, 0) is 79.6 Å². The summed E-state index contributed by atoms with van der Waals surface area (Å²) in [7, 11) is 0. The number of likely N-dealkylation sites (tertiary alicyclic amines) is 1. The number of esters is 1. The number of carbonyl (C=O) groups excluding carboxylic acids is 1. The van der Waals surface area contributed by atoms with Gasteiger partial charge >= 0.3 is 18.3 Å². The first-order valence-electron chi connectivity index (χ1n) is 13.2. The topological polar surface area (TPSA) is 59.0 Å². The zero-order valence-corrected chi connectivity index (χ0v) is 22.1. The molecule has 0 radical (unpaired) electrons. The molecule has 222 valence electrons. The van der Waals surface area contributed by atoms with Gasteiger partial charge in [0.15, 0.2) is 0 Å². The van der Waals surface area contributed by atoms with E-state index in [0.717, 1.165) is 0 Å². The Bertz CT molecular complexity index is 1320. The smallest absolute Gasteiger partial charge is 0.416 e. The Morgan fingerprint density at radius 1 is 1.02 bits per heavy atom. The van der Waals surface area contributed by atoms with Crippen LogP contribution in [0.1, 0.15) is 59.6 Å². The van der Waals surface area contributed by atoms with Gasteiger partial charge < -0.3 is 19.5 Å². The Kier molecular flexibility index (Phi) is 7.60. The average molecular weight is 588 g/mol. The van der Waals surface area contributed by atoms with Crippen LogP contribution in [0.4, 0.5) is 30.7 Å². The number of benzene rings is 2. The number of nitrogens with zero attached hydrogens (tertiary/aromatic N) is 1. The first-order valence-corrected chi connectivity index (χ1v) is 13.2. The monoisotopic (exact) mass is 587 g/mol. The molecule has 3 aliphatic rings. The Balaban J connectivity index is 1.50. The number of fused-ring (bicyclic) bond motifs is 1. The summed E-state index contributed by atoms with van der Waals surface area (Å²) >= 11 is 0. The molecule has 2 fully saturated rings. The number of halogens is 7. The molecule has 5 nitrogen and oxygen atoms in total. The van der Waals surface area contributed by atoms with Crippen LogP contribution in [0.3, 0.4) is 0 Å². The van der Waals surface area contributed by atoms with Crippen molar-refractivity contribution in [2.45, 2.75) is 63.4 Å². The summed E-state index contributed by atoms with van der Waals surface area (Å²) in [5, 5.41) is 11.5. The van der Waals surface area contributed by atoms with E-state index < -0.39 is 65.5 Å². The third kappa shape index (κ3) is 5.81. The fourth-order valence-corrected chi connectivity index (χ4v) is 6.45. The van der Waals surface area contributed by atoms with Crippen LogP contribution < -0.4 is 0 Å². The van der Waals surface area contributed by atoms with Gasteiger partial charge in [0.1, 0.15) is 18.7 Å². The van der Waals surface area contributed by atoms with Crippen molar-refractivity contribution >= 4 is 5.97 Å². The van der Waals surface area contributed by atoms with Crippen LogP contribution in [-0.2, 0) is 26.6 Å². The zero-order valence-electron chi connectivity index (χ0n) is 22.1. The van der Waals surface area contributed by atoms with Crippen molar-refractivity contribution in [3.05, 3.63) is 81.8 Å². The Labute approximate surface area is 231 Å². The Hall–Kier alpha value is -3.12. The molecule has 2 aromatic rings. The maximum atomic E-state index is 14.0. The van der Waals surface area contributed by atoms with Gasteiger partial charge in [-0.3, -0.25) is 0 Å². The van der Waals surface area contributed by atoms with Crippen LogP contribution in [0.15, 0.2) is 48.2 Å². The quantitative estimate of drug-likeness (QED) is 0.320. The minimum Gasteiger partial charge on any atom is -0.456 e. The number of alkyl halides is 6. The van der Waals surface area contributed by atoms with E-state index in [2.05, 4.69) is 0 Å². The highest BCUT2D eigenvalue weighted by Crippen LogP contribution is 2.51. The van der Waals surface area contributed by atoms with Gasteiger partial charge in [-0.1, -0.05) is 6.07 Å². The SMILES string of the molecule is Cc1cc(F)ccc1[C@H]1[C@@H]2C(O)N(C3=CC(=O)OC3)C[C@H]2CC[C@@H]1O[C@H](C)c1cc(C(F)(F)F)cc(C(F)(F)F)c1. The third-order valence-electron chi connectivity index (χ3n) is 8.34. The van der Waals surface area contributed by atoms with Crippen molar-refractivity contribution in [2.75, 3.05) is 13.2 Å². The van der Waals surface area contributed by atoms with Crippen LogP contribution >= 0.6 is 0 Å². The molecule has 1 unspecified atom stereocenters. The minimum atomic E-state index is -5.00. The summed E-state index contributed by atoms with van der Waals surface area (Å²) in [4.78, 5) is 13.4. The lowest BCUT2D eigenvalue weighted by Gasteiger charge is -2.42. The second-order valence-electron chi connectivity index (χ2n) is 10.9. The molecule has 0 spiro atoms. The molecule has 5 rings (SSSR count). The third-order valence-corrected chi connectivity index (χ3v) is 8.34. The van der Waals surface area contributed by atoms with E-state index in [1.54, 1.807) is 17.9 Å². The standard InChI is InChI=1S/C29H28F7NO4/c1-14-7-20(30)4-5-22(14)26-23(6-3-16-12-37(27(39)25(16)26)21-11-24(38)40-13-21)41-15(2)17-8-18(28(31,32)33)10-19(9-17)29(34,35)36/h4-5,7-11,15-16,23,25-27,39H,3,6,12-13H2,1-2H3/t15-,16-,23+,25-,26-,27?/m1/s1. The fraction of sp³-hybridized carbons (Fsp3) is 0.483. The van der Waals surface area contributed by atoms with Gasteiger partial charge in [-0.25, -0.2) is 9.18 Å². The summed E-state index contributed by atoms with van der Waals surface area (Å²) in [6.45, 7) is 3.50.